The minimum absolute atomic E-state index is 0.0803. The van der Waals surface area contributed by atoms with E-state index in [0.717, 1.165) is 22.6 Å². The lowest BCUT2D eigenvalue weighted by Crippen LogP contribution is -2.26. The first kappa shape index (κ1) is 17.0. The molecule has 5 rings (SSSR count). The summed E-state index contributed by atoms with van der Waals surface area (Å²) in [5, 5.41) is 0. The maximum absolute atomic E-state index is 5.32. The minimum atomic E-state index is 0.0803. The lowest BCUT2D eigenvalue weighted by Gasteiger charge is -2.22. The lowest BCUT2D eigenvalue weighted by molar-refractivity contribution is 0.414. The molecule has 140 valence electrons. The van der Waals surface area contributed by atoms with E-state index in [1.807, 2.05) is 36.4 Å². The van der Waals surface area contributed by atoms with E-state index in [1.165, 1.54) is 11.1 Å². The normalized spacial score (nSPS) is 21.8. The molecule has 0 bridgehead atoms. The van der Waals surface area contributed by atoms with Crippen molar-refractivity contribution in [1.29, 1.82) is 0 Å². The number of hydrogen-bond acceptors (Lipinski definition) is 4. The molecule has 1 fully saturated rings. The van der Waals surface area contributed by atoms with Gasteiger partial charge in [0.25, 0.3) is 0 Å². The predicted octanol–water partition coefficient (Wildman–Crippen LogP) is 4.25. The molecule has 0 radical (unpaired) electrons. The molecule has 1 saturated heterocycles. The number of para-hydroxylation sites is 2. The number of aromatic nitrogens is 2. The van der Waals surface area contributed by atoms with Crippen LogP contribution in [0.5, 0.6) is 5.75 Å². The molecule has 3 unspecified atom stereocenters. The van der Waals surface area contributed by atoms with Gasteiger partial charge in [-0.25, -0.2) is 15.8 Å². The van der Waals surface area contributed by atoms with Crippen LogP contribution in [0.4, 0.5) is 0 Å². The third kappa shape index (κ3) is 2.95. The maximum atomic E-state index is 5.32. The van der Waals surface area contributed by atoms with Crippen LogP contribution < -0.4 is 15.6 Å². The molecular formula is C23H22N4O. The number of aromatic amines is 1. The summed E-state index contributed by atoms with van der Waals surface area (Å²) in [6.07, 6.45) is 0. The van der Waals surface area contributed by atoms with Crippen LogP contribution in [0.1, 0.15) is 35.0 Å². The fraction of sp³-hybridized carbons (Fsp3) is 0.174. The molecule has 3 aromatic carbocycles. The van der Waals surface area contributed by atoms with Gasteiger partial charge in [0.05, 0.1) is 36.1 Å². The van der Waals surface area contributed by atoms with Crippen molar-refractivity contribution < 1.29 is 4.74 Å². The van der Waals surface area contributed by atoms with Gasteiger partial charge in [0.1, 0.15) is 11.6 Å². The summed E-state index contributed by atoms with van der Waals surface area (Å²) in [7, 11) is 1.69. The first-order chi connectivity index (χ1) is 13.8. The van der Waals surface area contributed by atoms with Crippen LogP contribution in [0, 0.1) is 0 Å². The Morgan fingerprint density at radius 2 is 1.39 bits per heavy atom. The van der Waals surface area contributed by atoms with E-state index in [1.54, 1.807) is 7.11 Å². The van der Waals surface area contributed by atoms with Crippen LogP contribution in [0.2, 0.25) is 0 Å². The molecular weight excluding hydrogens is 348 g/mol. The quantitative estimate of drug-likeness (QED) is 0.503. The summed E-state index contributed by atoms with van der Waals surface area (Å²) in [6, 6.07) is 27.1. The molecule has 0 spiro atoms. The highest BCUT2D eigenvalue weighted by atomic mass is 16.5. The largest absolute Gasteiger partial charge is 0.497 e. The number of nitrogens with one attached hydrogen (secondary N) is 3. The van der Waals surface area contributed by atoms with Gasteiger partial charge in [-0.05, 0) is 35.4 Å². The van der Waals surface area contributed by atoms with Crippen molar-refractivity contribution in [2.45, 2.75) is 18.0 Å². The molecule has 5 heteroatoms. The number of rotatable bonds is 4. The smallest absolute Gasteiger partial charge is 0.118 e. The number of hydrazine groups is 1. The van der Waals surface area contributed by atoms with Crippen molar-refractivity contribution in [3.8, 4) is 5.75 Å². The van der Waals surface area contributed by atoms with Gasteiger partial charge in [-0.1, -0.05) is 54.6 Å². The number of methoxy groups -OCH3 is 1. The summed E-state index contributed by atoms with van der Waals surface area (Å²) >= 11 is 0. The fourth-order valence-corrected chi connectivity index (χ4v) is 4.05. The first-order valence-electron chi connectivity index (χ1n) is 9.48. The van der Waals surface area contributed by atoms with Gasteiger partial charge in [-0.15, -0.1) is 0 Å². The highest BCUT2D eigenvalue weighted by Gasteiger charge is 2.40. The van der Waals surface area contributed by atoms with E-state index >= 15 is 0 Å². The average Bonchev–Trinajstić information content (AvgIpc) is 3.38. The van der Waals surface area contributed by atoms with Gasteiger partial charge in [-0.3, -0.25) is 0 Å². The third-order valence-corrected chi connectivity index (χ3v) is 5.47. The molecule has 0 saturated carbocycles. The molecule has 0 aliphatic carbocycles. The summed E-state index contributed by atoms with van der Waals surface area (Å²) in [5.41, 5.74) is 11.5. The van der Waals surface area contributed by atoms with Crippen molar-refractivity contribution in [3.63, 3.8) is 0 Å². The number of imidazole rings is 1. The number of nitrogens with zero attached hydrogens (tertiary/aromatic N) is 1. The van der Waals surface area contributed by atoms with Crippen LogP contribution in [-0.2, 0) is 0 Å². The summed E-state index contributed by atoms with van der Waals surface area (Å²) < 4.78 is 5.32. The zero-order valence-electron chi connectivity index (χ0n) is 15.6. The molecule has 28 heavy (non-hydrogen) atoms. The molecule has 3 atom stereocenters. The molecule has 4 aromatic rings. The highest BCUT2D eigenvalue weighted by molar-refractivity contribution is 5.75. The van der Waals surface area contributed by atoms with Gasteiger partial charge in [0.2, 0.25) is 0 Å². The van der Waals surface area contributed by atoms with Crippen molar-refractivity contribution in [1.82, 2.24) is 20.8 Å². The summed E-state index contributed by atoms with van der Waals surface area (Å²) in [6.45, 7) is 0. The molecule has 2 heterocycles. The van der Waals surface area contributed by atoms with Crippen LogP contribution in [0.25, 0.3) is 11.0 Å². The van der Waals surface area contributed by atoms with Crippen LogP contribution in [-0.4, -0.2) is 17.1 Å². The van der Waals surface area contributed by atoms with Crippen molar-refractivity contribution in [2.24, 2.45) is 0 Å². The minimum Gasteiger partial charge on any atom is -0.497 e. The summed E-state index contributed by atoms with van der Waals surface area (Å²) in [4.78, 5) is 8.46. The number of hydrogen-bond donors (Lipinski definition) is 3. The van der Waals surface area contributed by atoms with E-state index in [0.29, 0.717) is 0 Å². The Balaban J connectivity index is 1.59. The van der Waals surface area contributed by atoms with E-state index < -0.39 is 0 Å². The second-order valence-corrected chi connectivity index (χ2v) is 7.09. The van der Waals surface area contributed by atoms with E-state index in [4.69, 9.17) is 9.72 Å². The Labute approximate surface area is 163 Å². The van der Waals surface area contributed by atoms with Gasteiger partial charge < -0.3 is 9.72 Å². The zero-order valence-corrected chi connectivity index (χ0v) is 15.6. The average molecular weight is 370 g/mol. The lowest BCUT2D eigenvalue weighted by atomic mass is 9.85. The monoisotopic (exact) mass is 370 g/mol. The topological polar surface area (TPSA) is 62.0 Å². The first-order valence-corrected chi connectivity index (χ1v) is 9.48. The summed E-state index contributed by atoms with van der Waals surface area (Å²) in [5.74, 6) is 1.95. The number of benzene rings is 3. The maximum Gasteiger partial charge on any atom is 0.118 e. The van der Waals surface area contributed by atoms with E-state index in [-0.39, 0.29) is 18.0 Å². The number of ether oxygens (including phenoxy) is 1. The standard InChI is InChI=1S/C23H22N4O/c1-28-17-13-11-16(12-14-17)22-20(21(26-27-22)15-7-3-2-4-8-15)23-24-18-9-5-6-10-19(18)25-23/h2-14,20-22,26-27H,1H3,(H,24,25). The molecule has 1 aromatic heterocycles. The molecule has 0 amide bonds. The molecule has 3 N–H and O–H groups in total. The molecule has 5 nitrogen and oxygen atoms in total. The second-order valence-electron chi connectivity index (χ2n) is 7.09. The Bertz CT molecular complexity index is 1040. The Hall–Kier alpha value is -3.15. The van der Waals surface area contributed by atoms with E-state index in [9.17, 15) is 0 Å². The van der Waals surface area contributed by atoms with Crippen LogP contribution in [0.15, 0.2) is 78.9 Å². The Morgan fingerprint density at radius 3 is 2.07 bits per heavy atom. The highest BCUT2D eigenvalue weighted by Crippen LogP contribution is 2.43. The second kappa shape index (κ2) is 7.11. The predicted molar refractivity (Wildman–Crippen MR) is 110 cm³/mol. The van der Waals surface area contributed by atoms with Crippen LogP contribution >= 0.6 is 0 Å². The number of H-pyrrole nitrogens is 1. The Morgan fingerprint density at radius 1 is 0.750 bits per heavy atom. The van der Waals surface area contributed by atoms with Crippen molar-refractivity contribution in [3.05, 3.63) is 95.8 Å². The van der Waals surface area contributed by atoms with Gasteiger partial charge in [-0.2, -0.15) is 0 Å². The van der Waals surface area contributed by atoms with Gasteiger partial charge >= 0.3 is 0 Å². The zero-order chi connectivity index (χ0) is 18.9. The number of fused-ring (bicyclic) bond motifs is 1. The molecule has 1 aliphatic heterocycles. The van der Waals surface area contributed by atoms with Crippen molar-refractivity contribution >= 4 is 11.0 Å². The Kier molecular flexibility index (Phi) is 4.31. The van der Waals surface area contributed by atoms with Crippen LogP contribution in [0.3, 0.4) is 0 Å². The SMILES string of the molecule is COc1ccc(C2NNC(c3ccccc3)C2c2nc3ccccc3[nH]2)cc1. The fourth-order valence-electron chi connectivity index (χ4n) is 4.05. The molecule has 1 aliphatic rings. The van der Waals surface area contributed by atoms with E-state index in [2.05, 4.69) is 58.3 Å². The van der Waals surface area contributed by atoms with Crippen molar-refractivity contribution in [2.75, 3.05) is 7.11 Å². The third-order valence-electron chi connectivity index (χ3n) is 5.47. The van der Waals surface area contributed by atoms with Gasteiger partial charge in [0.15, 0.2) is 0 Å². The van der Waals surface area contributed by atoms with Gasteiger partial charge in [0, 0.05) is 0 Å².